The van der Waals surface area contributed by atoms with Crippen molar-refractivity contribution in [2.75, 3.05) is 44.8 Å². The van der Waals surface area contributed by atoms with E-state index in [4.69, 9.17) is 24.2 Å². The molecule has 6 rings (SSSR count). The van der Waals surface area contributed by atoms with Gasteiger partial charge in [0.05, 0.1) is 35.6 Å². The number of carbonyl (C=O) groups is 1. The summed E-state index contributed by atoms with van der Waals surface area (Å²) in [5.41, 5.74) is 0.784. The first-order valence-corrected chi connectivity index (χ1v) is 17.3. The maximum absolute atomic E-state index is 15.2. The fraction of sp³-hybridized carbons (Fsp3) is 0.667. The van der Waals surface area contributed by atoms with Crippen LogP contribution in [0.5, 0.6) is 11.8 Å². The second-order valence-electron chi connectivity index (χ2n) is 13.0. The van der Waals surface area contributed by atoms with Crippen molar-refractivity contribution < 1.29 is 23.4 Å². The van der Waals surface area contributed by atoms with Gasteiger partial charge in [-0.15, -0.1) is 20.7 Å². The van der Waals surface area contributed by atoms with Crippen LogP contribution in [-0.2, 0) is 4.74 Å². The number of hydrogen-bond donors (Lipinski definition) is 0. The number of alkyl halides is 1. The average molecular weight is 682 g/mol. The molecule has 11 heteroatoms. The minimum Gasteiger partial charge on any atom is -0.493 e. The Bertz CT molecular complexity index is 1350. The number of aryl methyl sites for hydroxylation is 1. The van der Waals surface area contributed by atoms with E-state index in [1.807, 2.05) is 32.6 Å². The molecule has 4 atom stereocenters. The first-order valence-electron chi connectivity index (χ1n) is 14.6. The van der Waals surface area contributed by atoms with Crippen LogP contribution in [0.15, 0.2) is 6.07 Å². The Labute approximate surface area is 251 Å². The van der Waals surface area contributed by atoms with Gasteiger partial charge in [0.1, 0.15) is 18.0 Å². The summed E-state index contributed by atoms with van der Waals surface area (Å²) in [6.07, 6.45) is 4.90. The molecule has 4 fully saturated rings. The van der Waals surface area contributed by atoms with Gasteiger partial charge in [0.2, 0.25) is 0 Å². The molecule has 0 saturated carbocycles. The van der Waals surface area contributed by atoms with Crippen molar-refractivity contribution in [2.45, 2.75) is 86.9 Å². The highest BCUT2D eigenvalue weighted by Gasteiger charge is 2.49. The van der Waals surface area contributed by atoms with E-state index in [1.165, 1.54) is 19.6 Å². The number of fused-ring (bicyclic) bond motifs is 4. The van der Waals surface area contributed by atoms with E-state index < -0.39 is 11.4 Å². The average Bonchev–Trinajstić information content (AvgIpc) is 3.54. The van der Waals surface area contributed by atoms with Crippen LogP contribution in [0.2, 0.25) is 0 Å². The fourth-order valence-corrected chi connectivity index (χ4v) is 9.18. The number of anilines is 1. The number of amides is 1. The molecule has 0 N–H and O–H groups in total. The topological polar surface area (TPSA) is 80.3 Å². The van der Waals surface area contributed by atoms with Crippen LogP contribution in [0.25, 0.3) is 10.9 Å². The van der Waals surface area contributed by atoms with Crippen molar-refractivity contribution in [1.29, 1.82) is 0 Å². The summed E-state index contributed by atoms with van der Waals surface area (Å²) in [6, 6.07) is 1.72. The van der Waals surface area contributed by atoms with Gasteiger partial charge >= 0.3 is 12.1 Å². The van der Waals surface area contributed by atoms with E-state index in [9.17, 15) is 4.79 Å². The fourth-order valence-electron chi connectivity index (χ4n) is 7.30. The highest BCUT2D eigenvalue weighted by atomic mass is 127. The van der Waals surface area contributed by atoms with E-state index in [-0.39, 0.29) is 50.2 Å². The number of carbonyl (C=O) groups excluding carboxylic acids is 1. The molecular weight excluding hydrogens is 640 g/mol. The summed E-state index contributed by atoms with van der Waals surface area (Å²) in [5, 5.41) is 0.547. The number of rotatable bonds is 6. The van der Waals surface area contributed by atoms with E-state index in [0.29, 0.717) is 51.9 Å². The minimum absolute atomic E-state index is 0.0221. The number of ether oxygens (including phenoxy) is 3. The molecule has 0 aliphatic carbocycles. The van der Waals surface area contributed by atoms with Crippen LogP contribution in [0.1, 0.15) is 58.4 Å². The molecule has 2 aromatic rings. The molecule has 0 radical (unpaired) electrons. The van der Waals surface area contributed by atoms with Gasteiger partial charge in [-0.25, -0.2) is 9.18 Å². The van der Waals surface area contributed by atoms with Gasteiger partial charge < -0.3 is 19.1 Å². The molecule has 4 aliphatic rings. The normalized spacial score (nSPS) is 27.9. The van der Waals surface area contributed by atoms with Gasteiger partial charge in [0, 0.05) is 23.6 Å². The lowest BCUT2D eigenvalue weighted by molar-refractivity contribution is 0.0122. The highest BCUT2D eigenvalue weighted by molar-refractivity contribution is 14.2. The maximum atomic E-state index is 15.2. The summed E-state index contributed by atoms with van der Waals surface area (Å²) < 4.78 is 37.9. The van der Waals surface area contributed by atoms with Crippen molar-refractivity contribution in [2.24, 2.45) is 0 Å². The van der Waals surface area contributed by atoms with Crippen molar-refractivity contribution in [1.82, 2.24) is 19.8 Å². The number of hydrogen-bond acceptors (Lipinski definition) is 8. The zero-order chi connectivity index (χ0) is 29.1. The van der Waals surface area contributed by atoms with E-state index in [2.05, 4.69) is 14.3 Å². The first-order chi connectivity index (χ1) is 19.5. The van der Waals surface area contributed by atoms with Gasteiger partial charge in [-0.2, -0.15) is 9.97 Å². The van der Waals surface area contributed by atoms with Crippen molar-refractivity contribution >= 4 is 48.1 Å². The van der Waals surface area contributed by atoms with Crippen LogP contribution >= 0.6 is 20.7 Å². The summed E-state index contributed by atoms with van der Waals surface area (Å²) in [5.74, 6) is 0.284. The van der Waals surface area contributed by atoms with Crippen LogP contribution in [0.3, 0.4) is 0 Å². The molecule has 4 saturated heterocycles. The van der Waals surface area contributed by atoms with E-state index in [1.54, 1.807) is 0 Å². The molecule has 2 unspecified atom stereocenters. The largest absolute Gasteiger partial charge is 0.493 e. The van der Waals surface area contributed by atoms with Gasteiger partial charge in [-0.3, -0.25) is 9.80 Å². The first kappa shape index (κ1) is 28.8. The lowest BCUT2D eigenvalue weighted by Gasteiger charge is -2.42. The SMILES string of the molecule is C=I[C@H]1CN2CCC[C@@]2(COc2nc(N3CC4CCC(C3)N4C(=O)OC(C)(C)C)c3c(OC)c(F)cc(C)c3n2)C1. The number of nitrogens with zero attached hydrogens (tertiary/aromatic N) is 5. The summed E-state index contributed by atoms with van der Waals surface area (Å²) in [7, 11) is 1.47. The Morgan fingerprint density at radius 2 is 1.95 bits per heavy atom. The van der Waals surface area contributed by atoms with Crippen LogP contribution in [0.4, 0.5) is 15.0 Å². The van der Waals surface area contributed by atoms with Gasteiger partial charge in [-0.05, 0) is 78.0 Å². The third kappa shape index (κ3) is 5.25. The standard InChI is InChI=1S/C30H41FIN5O4/c1-18-12-22(31)25(39-6)23-24(18)33-27(40-17-30-10-7-11-36(30)14-19(13-30)32-5)34-26(23)35-15-20-8-9-21(16-35)37(20)28(38)41-29(2,3)4/h12,19-21H,5,7-11,13-17H2,1-4,6H3/t19-,20?,21?,30+/m1/s1. The Kier molecular flexibility index (Phi) is 7.57. The molecular formula is C30H41FIN5O4. The molecule has 2 bridgehead atoms. The van der Waals surface area contributed by atoms with E-state index >= 15 is 4.39 Å². The van der Waals surface area contributed by atoms with Gasteiger partial charge in [-0.1, -0.05) is 4.51 Å². The minimum atomic E-state index is -0.561. The Hall–Kier alpha value is -2.28. The summed E-state index contributed by atoms with van der Waals surface area (Å²) in [4.78, 5) is 29.5. The van der Waals surface area contributed by atoms with Gasteiger partial charge in [0.15, 0.2) is 11.6 Å². The Balaban J connectivity index is 1.34. The molecule has 224 valence electrons. The maximum Gasteiger partial charge on any atom is 0.410 e. The van der Waals surface area contributed by atoms with Crippen LogP contribution in [0, 0.1) is 12.7 Å². The zero-order valence-electron chi connectivity index (χ0n) is 24.7. The number of halogens is 2. The molecule has 5 heterocycles. The number of aromatic nitrogens is 2. The quantitative estimate of drug-likeness (QED) is 0.310. The molecule has 0 spiro atoms. The van der Waals surface area contributed by atoms with Crippen molar-refractivity contribution in [3.63, 3.8) is 0 Å². The van der Waals surface area contributed by atoms with Crippen LogP contribution in [-0.4, -0.2) is 97.4 Å². The summed E-state index contributed by atoms with van der Waals surface area (Å²) >= 11 is -0.0651. The molecule has 9 nitrogen and oxygen atoms in total. The van der Waals surface area contributed by atoms with Crippen molar-refractivity contribution in [3.05, 3.63) is 17.4 Å². The van der Waals surface area contributed by atoms with E-state index in [0.717, 1.165) is 38.8 Å². The third-order valence-electron chi connectivity index (χ3n) is 9.07. The lowest BCUT2D eigenvalue weighted by atomic mass is 9.95. The summed E-state index contributed by atoms with van der Waals surface area (Å²) in [6.45, 7) is 11.4. The Morgan fingerprint density at radius 3 is 2.61 bits per heavy atom. The number of methoxy groups -OCH3 is 1. The number of piperazine rings is 1. The van der Waals surface area contributed by atoms with Crippen LogP contribution < -0.4 is 14.4 Å². The van der Waals surface area contributed by atoms with Crippen molar-refractivity contribution in [3.8, 4) is 11.8 Å². The number of benzene rings is 1. The smallest absolute Gasteiger partial charge is 0.410 e. The zero-order valence-corrected chi connectivity index (χ0v) is 26.9. The monoisotopic (exact) mass is 681 g/mol. The molecule has 1 aromatic carbocycles. The molecule has 4 aliphatic heterocycles. The second-order valence-corrected chi connectivity index (χ2v) is 15.6. The molecule has 1 aromatic heterocycles. The lowest BCUT2D eigenvalue weighted by Crippen LogP contribution is -2.57. The molecule has 41 heavy (non-hydrogen) atoms. The second kappa shape index (κ2) is 10.8. The van der Waals surface area contributed by atoms with Gasteiger partial charge in [0.25, 0.3) is 0 Å². The predicted molar refractivity (Wildman–Crippen MR) is 166 cm³/mol. The third-order valence-corrected chi connectivity index (χ3v) is 11.1. The molecule has 1 amide bonds. The Morgan fingerprint density at radius 1 is 1.22 bits per heavy atom. The highest BCUT2D eigenvalue weighted by Crippen LogP contribution is 2.44. The predicted octanol–water partition coefficient (Wildman–Crippen LogP) is 5.06.